The Balaban J connectivity index is 2.01. The number of fused-ring (bicyclic) bond motifs is 2. The lowest BCUT2D eigenvalue weighted by molar-refractivity contribution is -0.492. The molecule has 4 aliphatic rings. The number of nitro groups is 1. The minimum Gasteiger partial charge on any atom is -0.291 e. The summed E-state index contributed by atoms with van der Waals surface area (Å²) in [6.07, 6.45) is 3.87. The normalized spacial score (nSPS) is 45.9. The van der Waals surface area contributed by atoms with Gasteiger partial charge in [-0.1, -0.05) is 0 Å². The Morgan fingerprint density at radius 2 is 1.31 bits per heavy atom. The number of carbonyl (C=O) groups is 2. The van der Waals surface area contributed by atoms with E-state index in [1.165, 1.54) is 0 Å². The van der Waals surface area contributed by atoms with Crippen LogP contribution in [0.1, 0.15) is 25.7 Å². The van der Waals surface area contributed by atoms with Crippen molar-refractivity contribution in [2.75, 3.05) is 0 Å². The molecule has 4 saturated carbocycles. The molecule has 4 fully saturated rings. The van der Waals surface area contributed by atoms with Crippen LogP contribution >= 0.6 is 0 Å². The van der Waals surface area contributed by atoms with Gasteiger partial charge in [0.15, 0.2) is 0 Å². The van der Waals surface area contributed by atoms with Crippen molar-refractivity contribution < 1.29 is 14.5 Å². The van der Waals surface area contributed by atoms with Gasteiger partial charge in [-0.3, -0.25) is 19.7 Å². The van der Waals surface area contributed by atoms with Crippen LogP contribution < -0.4 is 0 Å². The summed E-state index contributed by atoms with van der Waals surface area (Å²) in [5.74, 6) is -0.998. The molecule has 0 aromatic carbocycles. The molecule has 16 heavy (non-hydrogen) atoms. The van der Waals surface area contributed by atoms with E-state index in [0.717, 1.165) is 25.7 Å². The summed E-state index contributed by atoms with van der Waals surface area (Å²) >= 11 is 0. The van der Waals surface area contributed by atoms with Crippen LogP contribution in [-0.4, -0.2) is 22.5 Å². The third kappa shape index (κ3) is 1.06. The number of Topliss-reactive ketones (excluding diaryl/α,β-unsaturated/α-hetero) is 2. The monoisotopic (exact) mass is 223 g/mol. The third-order valence-electron chi connectivity index (χ3n) is 4.63. The highest BCUT2D eigenvalue weighted by molar-refractivity contribution is 6.14. The average Bonchev–Trinajstić information content (AvgIpc) is 2.55. The molecule has 4 rings (SSSR count). The van der Waals surface area contributed by atoms with Crippen molar-refractivity contribution >= 4 is 11.6 Å². The number of rotatable bonds is 1. The Morgan fingerprint density at radius 3 is 1.62 bits per heavy atom. The molecule has 4 aliphatic carbocycles. The van der Waals surface area contributed by atoms with E-state index >= 15 is 0 Å². The fourth-order valence-corrected chi connectivity index (χ4v) is 3.98. The summed E-state index contributed by atoms with van der Waals surface area (Å²) in [6, 6.07) is -1.55. The number of hydrogen-bond donors (Lipinski definition) is 0. The van der Waals surface area contributed by atoms with Crippen molar-refractivity contribution in [1.29, 1.82) is 0 Å². The highest BCUT2D eigenvalue weighted by Crippen LogP contribution is 2.53. The molecule has 0 spiro atoms. The summed E-state index contributed by atoms with van der Waals surface area (Å²) in [6.45, 7) is 0. The second-order valence-electron chi connectivity index (χ2n) is 5.22. The molecule has 0 heterocycles. The van der Waals surface area contributed by atoms with Gasteiger partial charge in [-0.05, 0) is 37.5 Å². The van der Waals surface area contributed by atoms with Crippen LogP contribution in [0.15, 0.2) is 0 Å². The Bertz CT molecular complexity index is 353. The van der Waals surface area contributed by atoms with E-state index < -0.39 is 22.5 Å². The molecule has 2 bridgehead atoms. The molecule has 0 aliphatic heterocycles. The standard InChI is InChI=1S/C11H13NO4/c13-10-7-5-1-2-6(4-3-5)8(7)11(14)9(10)12(15)16/h5-9H,1-4H2. The van der Waals surface area contributed by atoms with Crippen LogP contribution in [0.3, 0.4) is 0 Å². The molecule has 0 amide bonds. The van der Waals surface area contributed by atoms with Crippen LogP contribution in [0, 0.1) is 33.8 Å². The largest absolute Gasteiger partial charge is 0.328 e. The minimum absolute atomic E-state index is 0.233. The van der Waals surface area contributed by atoms with E-state index in [1.807, 2.05) is 0 Å². The lowest BCUT2D eigenvalue weighted by Gasteiger charge is -2.43. The van der Waals surface area contributed by atoms with Gasteiger partial charge in [0.25, 0.3) is 0 Å². The van der Waals surface area contributed by atoms with E-state index in [0.29, 0.717) is 0 Å². The summed E-state index contributed by atoms with van der Waals surface area (Å²) < 4.78 is 0. The zero-order valence-electron chi connectivity index (χ0n) is 8.80. The minimum atomic E-state index is -1.55. The first-order valence-electron chi connectivity index (χ1n) is 5.82. The van der Waals surface area contributed by atoms with Gasteiger partial charge in [0.05, 0.1) is 0 Å². The van der Waals surface area contributed by atoms with Gasteiger partial charge in [-0.15, -0.1) is 0 Å². The molecule has 0 radical (unpaired) electrons. The van der Waals surface area contributed by atoms with Crippen molar-refractivity contribution in [3.63, 3.8) is 0 Å². The van der Waals surface area contributed by atoms with Gasteiger partial charge < -0.3 is 0 Å². The van der Waals surface area contributed by atoms with Gasteiger partial charge in [0, 0.05) is 16.8 Å². The van der Waals surface area contributed by atoms with Crippen molar-refractivity contribution in [1.82, 2.24) is 0 Å². The van der Waals surface area contributed by atoms with Crippen molar-refractivity contribution in [3.8, 4) is 0 Å². The molecule has 2 unspecified atom stereocenters. The Hall–Kier alpha value is -1.26. The predicted octanol–water partition coefficient (Wildman–Crippen LogP) is 0.836. The number of hydrogen-bond acceptors (Lipinski definition) is 4. The second kappa shape index (κ2) is 3.12. The number of carbonyl (C=O) groups excluding carboxylic acids is 2. The van der Waals surface area contributed by atoms with E-state index in [2.05, 4.69) is 0 Å². The van der Waals surface area contributed by atoms with Crippen LogP contribution in [0.4, 0.5) is 0 Å². The fraction of sp³-hybridized carbons (Fsp3) is 0.818. The summed E-state index contributed by atoms with van der Waals surface area (Å²) in [4.78, 5) is 33.9. The first-order valence-corrected chi connectivity index (χ1v) is 5.82. The maximum atomic E-state index is 11.9. The topological polar surface area (TPSA) is 77.3 Å². The summed E-state index contributed by atoms with van der Waals surface area (Å²) in [7, 11) is 0. The van der Waals surface area contributed by atoms with E-state index in [9.17, 15) is 19.7 Å². The Kier molecular flexibility index (Phi) is 1.94. The molecule has 5 nitrogen and oxygen atoms in total. The molecular formula is C11H13NO4. The van der Waals surface area contributed by atoms with Crippen molar-refractivity contribution in [3.05, 3.63) is 10.1 Å². The maximum absolute atomic E-state index is 11.9. The zero-order chi connectivity index (χ0) is 11.4. The van der Waals surface area contributed by atoms with Gasteiger partial charge in [0.1, 0.15) is 0 Å². The van der Waals surface area contributed by atoms with Gasteiger partial charge in [-0.2, -0.15) is 0 Å². The zero-order valence-corrected chi connectivity index (χ0v) is 8.80. The maximum Gasteiger partial charge on any atom is 0.328 e. The van der Waals surface area contributed by atoms with Crippen molar-refractivity contribution in [2.24, 2.45) is 23.7 Å². The van der Waals surface area contributed by atoms with E-state index in [4.69, 9.17) is 0 Å². The molecule has 2 atom stereocenters. The second-order valence-corrected chi connectivity index (χ2v) is 5.22. The smallest absolute Gasteiger partial charge is 0.291 e. The molecule has 0 saturated heterocycles. The van der Waals surface area contributed by atoms with E-state index in [-0.39, 0.29) is 23.7 Å². The quantitative estimate of drug-likeness (QED) is 0.375. The first-order chi connectivity index (χ1) is 7.61. The molecule has 5 heteroatoms. The molecular weight excluding hydrogens is 210 g/mol. The number of ketones is 2. The molecule has 0 aromatic heterocycles. The lowest BCUT2D eigenvalue weighted by Crippen LogP contribution is -2.41. The van der Waals surface area contributed by atoms with Crippen LogP contribution in [0.25, 0.3) is 0 Å². The SMILES string of the molecule is O=C1C2C3CCC(CC3)C2C(=O)C1[N+](=O)[O-]. The van der Waals surface area contributed by atoms with E-state index in [1.54, 1.807) is 0 Å². The highest BCUT2D eigenvalue weighted by atomic mass is 16.6. The van der Waals surface area contributed by atoms with Gasteiger partial charge >= 0.3 is 6.04 Å². The number of nitrogens with zero attached hydrogens (tertiary/aromatic N) is 1. The highest BCUT2D eigenvalue weighted by Gasteiger charge is 2.63. The fourth-order valence-electron chi connectivity index (χ4n) is 3.98. The first kappa shape index (κ1) is 9.93. The predicted molar refractivity (Wildman–Crippen MR) is 53.2 cm³/mol. The van der Waals surface area contributed by atoms with Gasteiger partial charge in [0.2, 0.25) is 11.6 Å². The van der Waals surface area contributed by atoms with Crippen LogP contribution in [0.2, 0.25) is 0 Å². The average molecular weight is 223 g/mol. The Morgan fingerprint density at radius 1 is 0.938 bits per heavy atom. The van der Waals surface area contributed by atoms with Crippen LogP contribution in [0.5, 0.6) is 0 Å². The van der Waals surface area contributed by atoms with Gasteiger partial charge in [-0.25, -0.2) is 0 Å². The lowest BCUT2D eigenvalue weighted by atomic mass is 9.59. The van der Waals surface area contributed by atoms with Crippen molar-refractivity contribution in [2.45, 2.75) is 31.7 Å². The Labute approximate surface area is 92.3 Å². The summed E-state index contributed by atoms with van der Waals surface area (Å²) in [5.41, 5.74) is 0. The molecule has 86 valence electrons. The summed E-state index contributed by atoms with van der Waals surface area (Å²) in [5, 5.41) is 10.8. The molecule has 0 aromatic rings. The van der Waals surface area contributed by atoms with Crippen LogP contribution in [-0.2, 0) is 9.59 Å². The molecule has 0 N–H and O–H groups in total. The third-order valence-corrected chi connectivity index (χ3v) is 4.63.